The van der Waals surface area contributed by atoms with Crippen molar-refractivity contribution in [2.75, 3.05) is 19.0 Å². The first-order chi connectivity index (χ1) is 16.8. The number of para-hydroxylation sites is 1. The largest absolute Gasteiger partial charge is 0.363 e. The van der Waals surface area contributed by atoms with Crippen LogP contribution in [-0.2, 0) is 11.8 Å². The van der Waals surface area contributed by atoms with E-state index >= 15 is 0 Å². The van der Waals surface area contributed by atoms with Crippen molar-refractivity contribution < 1.29 is 9.72 Å². The van der Waals surface area contributed by atoms with Crippen LogP contribution in [0, 0.1) is 27.4 Å². The van der Waals surface area contributed by atoms with E-state index in [4.69, 9.17) is 0 Å². The summed E-state index contributed by atoms with van der Waals surface area (Å²) in [5.41, 5.74) is 4.14. The average Bonchev–Trinajstić information content (AvgIpc) is 3.15. The number of carbonyl (C=O) groups excluding carboxylic acids is 1. The van der Waals surface area contributed by atoms with E-state index in [1.165, 1.54) is 12.1 Å². The second-order valence-electron chi connectivity index (χ2n) is 9.46. The molecule has 2 atom stereocenters. The molecular weight excluding hydrogens is 442 g/mol. The van der Waals surface area contributed by atoms with Crippen LogP contribution in [0.15, 0.2) is 59.9 Å². The maximum absolute atomic E-state index is 13.2. The SMILES string of the molecule is CN(C)C1=C(C#N)[C@@H]([C@H]2CCCCC2=O)c2c(c3ccccc3n2C)N1c1ccc([N+](=O)[O-])cc1. The Hall–Kier alpha value is -4.12. The minimum atomic E-state index is -0.419. The molecule has 1 saturated carbocycles. The Balaban J connectivity index is 1.85. The van der Waals surface area contributed by atoms with Crippen LogP contribution in [0.25, 0.3) is 10.9 Å². The fourth-order valence-electron chi connectivity index (χ4n) is 5.78. The van der Waals surface area contributed by atoms with Crippen LogP contribution < -0.4 is 4.90 Å². The number of rotatable bonds is 4. The van der Waals surface area contributed by atoms with E-state index in [2.05, 4.69) is 16.7 Å². The molecule has 0 amide bonds. The fraction of sp³-hybridized carbons (Fsp3) is 0.333. The van der Waals surface area contributed by atoms with E-state index in [0.29, 0.717) is 17.8 Å². The number of ketones is 1. The van der Waals surface area contributed by atoms with Crippen LogP contribution in [0.2, 0.25) is 0 Å². The third-order valence-corrected chi connectivity index (χ3v) is 7.27. The highest BCUT2D eigenvalue weighted by molar-refractivity contribution is 6.01. The lowest BCUT2D eigenvalue weighted by Gasteiger charge is -2.41. The van der Waals surface area contributed by atoms with Gasteiger partial charge in [0.1, 0.15) is 11.6 Å². The molecule has 8 nitrogen and oxygen atoms in total. The first kappa shape index (κ1) is 22.7. The number of aryl methyl sites for hydroxylation is 1. The lowest BCUT2D eigenvalue weighted by Crippen LogP contribution is -2.38. The van der Waals surface area contributed by atoms with Gasteiger partial charge in [0.05, 0.1) is 33.5 Å². The summed E-state index contributed by atoms with van der Waals surface area (Å²) >= 11 is 0. The third-order valence-electron chi connectivity index (χ3n) is 7.27. The fourth-order valence-corrected chi connectivity index (χ4v) is 5.78. The summed E-state index contributed by atoms with van der Waals surface area (Å²) in [5.74, 6) is 0.293. The minimum absolute atomic E-state index is 0.00507. The van der Waals surface area contributed by atoms with Crippen LogP contribution in [0.1, 0.15) is 37.3 Å². The number of nitrogens with zero attached hydrogens (tertiary/aromatic N) is 5. The third kappa shape index (κ3) is 3.46. The van der Waals surface area contributed by atoms with Gasteiger partial charge in [-0.25, -0.2) is 0 Å². The zero-order valence-corrected chi connectivity index (χ0v) is 20.1. The molecule has 1 aliphatic carbocycles. The van der Waals surface area contributed by atoms with Crippen molar-refractivity contribution in [2.45, 2.75) is 31.6 Å². The maximum Gasteiger partial charge on any atom is 0.269 e. The highest BCUT2D eigenvalue weighted by atomic mass is 16.6. The predicted octanol–water partition coefficient (Wildman–Crippen LogP) is 5.38. The molecule has 0 unspecified atom stereocenters. The quantitative estimate of drug-likeness (QED) is 0.376. The Kier molecular flexibility index (Phi) is 5.56. The number of hydrogen-bond acceptors (Lipinski definition) is 6. The van der Waals surface area contributed by atoms with Crippen LogP contribution >= 0.6 is 0 Å². The number of benzene rings is 2. The molecule has 0 N–H and O–H groups in total. The Morgan fingerprint density at radius 1 is 1.11 bits per heavy atom. The van der Waals surface area contributed by atoms with Gasteiger partial charge >= 0.3 is 0 Å². The summed E-state index contributed by atoms with van der Waals surface area (Å²) in [5, 5.41) is 22.8. The van der Waals surface area contributed by atoms with Crippen molar-refractivity contribution in [2.24, 2.45) is 13.0 Å². The number of allylic oxidation sites excluding steroid dienone is 1. The molecule has 2 aliphatic rings. The molecule has 3 aromatic rings. The van der Waals surface area contributed by atoms with Crippen LogP contribution in [-0.4, -0.2) is 34.3 Å². The first-order valence-electron chi connectivity index (χ1n) is 11.8. The first-order valence-corrected chi connectivity index (χ1v) is 11.8. The Morgan fingerprint density at radius 3 is 2.46 bits per heavy atom. The summed E-state index contributed by atoms with van der Waals surface area (Å²) < 4.78 is 2.11. The van der Waals surface area contributed by atoms with E-state index in [9.17, 15) is 20.2 Å². The summed E-state index contributed by atoms with van der Waals surface area (Å²) in [6, 6.07) is 16.9. The van der Waals surface area contributed by atoms with Crippen LogP contribution in [0.5, 0.6) is 0 Å². The van der Waals surface area contributed by atoms with Gasteiger partial charge in [-0.1, -0.05) is 24.6 Å². The average molecular weight is 470 g/mol. The Morgan fingerprint density at radius 2 is 1.83 bits per heavy atom. The number of nitro benzene ring substituents is 1. The highest BCUT2D eigenvalue weighted by Crippen LogP contribution is 2.53. The number of Topliss-reactive ketones (excluding diaryl/α,β-unsaturated/α-hetero) is 1. The molecule has 2 aromatic carbocycles. The molecular formula is C27H27N5O3. The second kappa shape index (κ2) is 8.58. The zero-order chi connectivity index (χ0) is 24.9. The topological polar surface area (TPSA) is 95.4 Å². The molecule has 1 aliphatic heterocycles. The molecule has 0 bridgehead atoms. The molecule has 0 radical (unpaired) electrons. The Labute approximate surface area is 203 Å². The number of hydrogen-bond donors (Lipinski definition) is 0. The van der Waals surface area contributed by atoms with Gasteiger partial charge in [-0.05, 0) is 31.0 Å². The maximum atomic E-state index is 13.2. The van der Waals surface area contributed by atoms with Crippen molar-refractivity contribution in [1.82, 2.24) is 9.47 Å². The lowest BCUT2D eigenvalue weighted by atomic mass is 9.72. The van der Waals surface area contributed by atoms with Gasteiger partial charge in [0, 0.05) is 62.6 Å². The minimum Gasteiger partial charge on any atom is -0.363 e. The van der Waals surface area contributed by atoms with Gasteiger partial charge < -0.3 is 9.47 Å². The number of fused-ring (bicyclic) bond motifs is 3. The van der Waals surface area contributed by atoms with Gasteiger partial charge in [-0.3, -0.25) is 19.8 Å². The Bertz CT molecular complexity index is 1410. The second-order valence-corrected chi connectivity index (χ2v) is 9.46. The summed E-state index contributed by atoms with van der Waals surface area (Å²) in [6.45, 7) is 0. The summed E-state index contributed by atoms with van der Waals surface area (Å²) in [4.78, 5) is 28.0. The van der Waals surface area contributed by atoms with E-state index in [1.54, 1.807) is 12.1 Å². The standard InChI is InChI=1S/C27H27N5O3/c1-29(2)27-21(16-28)24(20-9-5-7-11-23(20)33)26-25(19-8-4-6-10-22(19)30(26)3)31(27)17-12-14-18(15-13-17)32(34)35/h4,6,8,10,12-15,20,24H,5,7,9,11H2,1-3H3/t20-,24+/m0/s1. The van der Waals surface area contributed by atoms with Crippen LogP contribution in [0.3, 0.4) is 0 Å². The smallest absolute Gasteiger partial charge is 0.269 e. The van der Waals surface area contributed by atoms with Gasteiger partial charge in [0.25, 0.3) is 5.69 Å². The van der Waals surface area contributed by atoms with Crippen LogP contribution in [0.4, 0.5) is 17.1 Å². The molecule has 1 aromatic heterocycles. The molecule has 1 fully saturated rings. The van der Waals surface area contributed by atoms with Crippen molar-refractivity contribution in [3.05, 3.63) is 75.7 Å². The molecule has 2 heterocycles. The van der Waals surface area contributed by atoms with E-state index in [-0.39, 0.29) is 23.3 Å². The number of aromatic nitrogens is 1. The van der Waals surface area contributed by atoms with Gasteiger partial charge in [-0.2, -0.15) is 5.26 Å². The number of nitriles is 1. The molecule has 178 valence electrons. The van der Waals surface area contributed by atoms with Crippen molar-refractivity contribution >= 4 is 33.7 Å². The number of anilines is 2. The molecule has 5 rings (SSSR count). The summed E-state index contributed by atoms with van der Waals surface area (Å²) in [7, 11) is 5.77. The van der Waals surface area contributed by atoms with Gasteiger partial charge in [0.15, 0.2) is 0 Å². The molecule has 0 saturated heterocycles. The van der Waals surface area contributed by atoms with E-state index < -0.39 is 4.92 Å². The molecule has 35 heavy (non-hydrogen) atoms. The zero-order valence-electron chi connectivity index (χ0n) is 20.1. The normalized spacial score (nSPS) is 20.1. The molecule has 0 spiro atoms. The summed E-state index contributed by atoms with van der Waals surface area (Å²) in [6.07, 6.45) is 3.16. The monoisotopic (exact) mass is 469 g/mol. The molecule has 8 heteroatoms. The number of non-ortho nitro benzene ring substituents is 1. The van der Waals surface area contributed by atoms with Gasteiger partial charge in [-0.15, -0.1) is 0 Å². The van der Waals surface area contributed by atoms with E-state index in [0.717, 1.165) is 47.2 Å². The van der Waals surface area contributed by atoms with E-state index in [1.807, 2.05) is 49.1 Å². The van der Waals surface area contributed by atoms with Crippen molar-refractivity contribution in [3.63, 3.8) is 0 Å². The lowest BCUT2D eigenvalue weighted by molar-refractivity contribution is -0.384. The highest BCUT2D eigenvalue weighted by Gasteiger charge is 2.45. The van der Waals surface area contributed by atoms with Gasteiger partial charge in [0.2, 0.25) is 0 Å². The number of nitro groups is 1. The van der Waals surface area contributed by atoms with Crippen molar-refractivity contribution in [1.29, 1.82) is 5.26 Å². The number of carbonyl (C=O) groups is 1. The predicted molar refractivity (Wildman–Crippen MR) is 134 cm³/mol. The van der Waals surface area contributed by atoms with Crippen molar-refractivity contribution in [3.8, 4) is 6.07 Å².